The molecular formula is C25H25N3O3. The van der Waals surface area contributed by atoms with Crippen molar-refractivity contribution in [2.75, 3.05) is 0 Å². The second-order valence-corrected chi connectivity index (χ2v) is 7.84. The predicted molar refractivity (Wildman–Crippen MR) is 118 cm³/mol. The van der Waals surface area contributed by atoms with E-state index in [1.165, 1.54) is 0 Å². The maximum absolute atomic E-state index is 13.1. The molecule has 0 unspecified atom stereocenters. The fourth-order valence-corrected chi connectivity index (χ4v) is 3.41. The molecule has 2 aromatic carbocycles. The largest absolute Gasteiger partial charge is 0.464 e. The van der Waals surface area contributed by atoms with Gasteiger partial charge < -0.3 is 13.7 Å². The minimum absolute atomic E-state index is 0.0326. The lowest BCUT2D eigenvalue weighted by Gasteiger charge is -2.26. The highest BCUT2D eigenvalue weighted by molar-refractivity contribution is 5.94. The van der Waals surface area contributed by atoms with Gasteiger partial charge in [-0.2, -0.15) is 0 Å². The minimum Gasteiger partial charge on any atom is -0.464 e. The maximum atomic E-state index is 13.1. The summed E-state index contributed by atoms with van der Waals surface area (Å²) < 4.78 is 11.5. The van der Waals surface area contributed by atoms with E-state index in [4.69, 9.17) is 8.83 Å². The number of carbonyl (C=O) groups is 1. The fourth-order valence-electron chi connectivity index (χ4n) is 3.41. The van der Waals surface area contributed by atoms with Gasteiger partial charge in [-0.1, -0.05) is 18.2 Å². The zero-order valence-corrected chi connectivity index (χ0v) is 18.1. The van der Waals surface area contributed by atoms with Gasteiger partial charge in [-0.15, -0.1) is 10.2 Å². The van der Waals surface area contributed by atoms with Crippen LogP contribution < -0.4 is 0 Å². The number of aromatic nitrogens is 2. The molecule has 0 saturated carbocycles. The van der Waals surface area contributed by atoms with Gasteiger partial charge in [0.25, 0.3) is 5.91 Å². The standard InChI is InChI=1S/C25H25N3O3/c1-16(2)28(15-21-14-9-18(4)30-21)25(29)20-12-10-19(11-13-20)23-26-27-24(31-23)22-8-6-5-7-17(22)3/h5-14,16H,15H2,1-4H3. The molecule has 158 valence electrons. The lowest BCUT2D eigenvalue weighted by atomic mass is 10.1. The zero-order valence-electron chi connectivity index (χ0n) is 18.1. The molecule has 0 aliphatic rings. The summed E-state index contributed by atoms with van der Waals surface area (Å²) in [6.07, 6.45) is 0. The van der Waals surface area contributed by atoms with Gasteiger partial charge in [0.05, 0.1) is 6.54 Å². The summed E-state index contributed by atoms with van der Waals surface area (Å²) in [6.45, 7) is 8.31. The van der Waals surface area contributed by atoms with Crippen molar-refractivity contribution < 1.29 is 13.6 Å². The Bertz CT molecular complexity index is 1190. The molecule has 1 amide bonds. The van der Waals surface area contributed by atoms with E-state index >= 15 is 0 Å². The lowest BCUT2D eigenvalue weighted by Crippen LogP contribution is -2.36. The molecule has 4 rings (SSSR count). The predicted octanol–water partition coefficient (Wildman–Crippen LogP) is 5.66. The third-order valence-corrected chi connectivity index (χ3v) is 5.19. The van der Waals surface area contributed by atoms with Crippen molar-refractivity contribution in [3.8, 4) is 22.9 Å². The van der Waals surface area contributed by atoms with Crippen LogP contribution in [0.5, 0.6) is 0 Å². The molecule has 6 nitrogen and oxygen atoms in total. The first kappa shape index (κ1) is 20.6. The summed E-state index contributed by atoms with van der Waals surface area (Å²) in [6, 6.07) is 19.0. The molecular weight excluding hydrogens is 390 g/mol. The Morgan fingerprint density at radius 1 is 0.903 bits per heavy atom. The van der Waals surface area contributed by atoms with Crippen molar-refractivity contribution in [2.45, 2.75) is 40.3 Å². The normalized spacial score (nSPS) is 11.1. The molecule has 0 N–H and O–H groups in total. The number of carbonyl (C=O) groups excluding carboxylic acids is 1. The Balaban J connectivity index is 1.53. The Morgan fingerprint density at radius 3 is 2.26 bits per heavy atom. The van der Waals surface area contributed by atoms with Crippen molar-refractivity contribution in [2.24, 2.45) is 0 Å². The van der Waals surface area contributed by atoms with Gasteiger partial charge in [0.1, 0.15) is 11.5 Å². The number of hydrogen-bond acceptors (Lipinski definition) is 5. The second-order valence-electron chi connectivity index (χ2n) is 7.84. The van der Waals surface area contributed by atoms with Crippen LogP contribution in [0.3, 0.4) is 0 Å². The Morgan fingerprint density at radius 2 is 1.61 bits per heavy atom. The number of benzene rings is 2. The molecule has 0 aliphatic carbocycles. The van der Waals surface area contributed by atoms with Gasteiger partial charge in [0, 0.05) is 22.7 Å². The van der Waals surface area contributed by atoms with Crippen LogP contribution in [0.1, 0.15) is 41.3 Å². The molecule has 2 aromatic heterocycles. The third kappa shape index (κ3) is 4.43. The van der Waals surface area contributed by atoms with E-state index in [0.717, 1.165) is 28.2 Å². The van der Waals surface area contributed by atoms with Crippen LogP contribution in [0.2, 0.25) is 0 Å². The van der Waals surface area contributed by atoms with Crippen molar-refractivity contribution in [1.29, 1.82) is 0 Å². The van der Waals surface area contributed by atoms with Gasteiger partial charge in [0.15, 0.2) is 0 Å². The smallest absolute Gasteiger partial charge is 0.254 e. The van der Waals surface area contributed by atoms with Gasteiger partial charge in [0.2, 0.25) is 11.8 Å². The molecule has 0 aliphatic heterocycles. The Kier molecular flexibility index (Phi) is 5.71. The fraction of sp³-hybridized carbons (Fsp3) is 0.240. The molecule has 0 spiro atoms. The lowest BCUT2D eigenvalue weighted by molar-refractivity contribution is 0.0675. The van der Waals surface area contributed by atoms with E-state index < -0.39 is 0 Å². The van der Waals surface area contributed by atoms with Gasteiger partial charge >= 0.3 is 0 Å². The highest BCUT2D eigenvalue weighted by Gasteiger charge is 2.21. The molecule has 0 radical (unpaired) electrons. The number of furan rings is 1. The molecule has 0 atom stereocenters. The quantitative estimate of drug-likeness (QED) is 0.406. The molecule has 4 aromatic rings. The number of aryl methyl sites for hydroxylation is 2. The summed E-state index contributed by atoms with van der Waals surface area (Å²) in [5.74, 6) is 2.45. The van der Waals surface area contributed by atoms with Crippen LogP contribution in [0.25, 0.3) is 22.9 Å². The third-order valence-electron chi connectivity index (χ3n) is 5.19. The van der Waals surface area contributed by atoms with Crippen LogP contribution in [-0.2, 0) is 6.54 Å². The monoisotopic (exact) mass is 415 g/mol. The molecule has 0 saturated heterocycles. The minimum atomic E-state index is -0.0540. The van der Waals surface area contributed by atoms with Gasteiger partial charge in [-0.05, 0) is 75.7 Å². The van der Waals surface area contributed by atoms with Crippen molar-refractivity contribution in [3.63, 3.8) is 0 Å². The van der Waals surface area contributed by atoms with Crippen LogP contribution in [0.4, 0.5) is 0 Å². The van der Waals surface area contributed by atoms with Crippen molar-refractivity contribution in [1.82, 2.24) is 15.1 Å². The first-order valence-electron chi connectivity index (χ1n) is 10.3. The van der Waals surface area contributed by atoms with Gasteiger partial charge in [-0.3, -0.25) is 4.79 Å². The molecule has 0 fully saturated rings. The van der Waals surface area contributed by atoms with E-state index in [2.05, 4.69) is 10.2 Å². The number of nitrogens with zero attached hydrogens (tertiary/aromatic N) is 3. The Hall–Kier alpha value is -3.67. The van der Waals surface area contributed by atoms with Crippen LogP contribution in [0.15, 0.2) is 69.5 Å². The van der Waals surface area contributed by atoms with Crippen molar-refractivity contribution >= 4 is 5.91 Å². The second kappa shape index (κ2) is 8.60. The summed E-state index contributed by atoms with van der Waals surface area (Å²) in [4.78, 5) is 14.9. The van der Waals surface area contributed by atoms with E-state index in [1.54, 1.807) is 17.0 Å². The van der Waals surface area contributed by atoms with Crippen LogP contribution in [-0.4, -0.2) is 27.0 Å². The van der Waals surface area contributed by atoms with Crippen LogP contribution in [0, 0.1) is 13.8 Å². The molecule has 2 heterocycles. The van der Waals surface area contributed by atoms with Crippen molar-refractivity contribution in [3.05, 3.63) is 83.3 Å². The summed E-state index contributed by atoms with van der Waals surface area (Å²) in [5.41, 5.74) is 3.34. The van der Waals surface area contributed by atoms with Gasteiger partial charge in [-0.25, -0.2) is 0 Å². The average molecular weight is 415 g/mol. The summed E-state index contributed by atoms with van der Waals surface area (Å²) in [7, 11) is 0. The molecule has 0 bridgehead atoms. The molecule has 6 heteroatoms. The zero-order chi connectivity index (χ0) is 22.0. The first-order valence-corrected chi connectivity index (χ1v) is 10.3. The van der Waals surface area contributed by atoms with E-state index in [9.17, 15) is 4.79 Å². The SMILES string of the molecule is Cc1ccc(CN(C(=O)c2ccc(-c3nnc(-c4ccccc4C)o3)cc2)C(C)C)o1. The number of hydrogen-bond donors (Lipinski definition) is 0. The van der Waals surface area contributed by atoms with Crippen LogP contribution >= 0.6 is 0 Å². The highest BCUT2D eigenvalue weighted by atomic mass is 16.4. The summed E-state index contributed by atoms with van der Waals surface area (Å²) >= 11 is 0. The summed E-state index contributed by atoms with van der Waals surface area (Å²) in [5, 5.41) is 8.35. The maximum Gasteiger partial charge on any atom is 0.254 e. The Labute approximate surface area is 181 Å². The molecule has 31 heavy (non-hydrogen) atoms. The van der Waals surface area contributed by atoms with E-state index in [1.807, 2.05) is 76.2 Å². The number of rotatable bonds is 6. The number of amides is 1. The van der Waals surface area contributed by atoms with E-state index in [0.29, 0.717) is 23.9 Å². The highest BCUT2D eigenvalue weighted by Crippen LogP contribution is 2.26. The first-order chi connectivity index (χ1) is 14.9. The van der Waals surface area contributed by atoms with E-state index in [-0.39, 0.29) is 11.9 Å². The topological polar surface area (TPSA) is 72.4 Å². The average Bonchev–Trinajstić information content (AvgIpc) is 3.41.